The van der Waals surface area contributed by atoms with Gasteiger partial charge < -0.3 is 9.47 Å². The second kappa shape index (κ2) is 11.6. The molecule has 0 aliphatic rings. The third kappa shape index (κ3) is 9.05. The van der Waals surface area contributed by atoms with Crippen molar-refractivity contribution in [1.29, 1.82) is 0 Å². The fourth-order valence-corrected chi connectivity index (χ4v) is 1.80. The van der Waals surface area contributed by atoms with Crippen LogP contribution in [0, 0.1) is 0 Å². The molecular formula is C20H22O5. The number of carbonyl (C=O) groups excluding carboxylic acids is 3. The zero-order chi connectivity index (χ0) is 18.5. The van der Waals surface area contributed by atoms with Gasteiger partial charge in [-0.3, -0.25) is 9.59 Å². The zero-order valence-electron chi connectivity index (χ0n) is 14.4. The SMILES string of the molecule is CCOC(=O)CC(C)=O.O=C(OCc1ccccc1)c1ccccc1. The summed E-state index contributed by atoms with van der Waals surface area (Å²) in [5.41, 5.74) is 1.57. The van der Waals surface area contributed by atoms with Gasteiger partial charge in [-0.05, 0) is 31.5 Å². The molecule has 0 fully saturated rings. The number of benzene rings is 2. The Morgan fingerprint density at radius 2 is 1.40 bits per heavy atom. The molecule has 0 amide bonds. The first kappa shape index (κ1) is 20.1. The molecule has 0 atom stereocenters. The van der Waals surface area contributed by atoms with Crippen LogP contribution in [-0.2, 0) is 25.7 Å². The lowest BCUT2D eigenvalue weighted by Crippen LogP contribution is -2.07. The summed E-state index contributed by atoms with van der Waals surface area (Å²) in [6.07, 6.45) is -0.103. The van der Waals surface area contributed by atoms with Gasteiger partial charge in [0.15, 0.2) is 0 Å². The number of Topliss-reactive ketones (excluding diaryl/α,β-unsaturated/α-hetero) is 1. The van der Waals surface area contributed by atoms with Crippen LogP contribution in [0.2, 0.25) is 0 Å². The van der Waals surface area contributed by atoms with Gasteiger partial charge in [0, 0.05) is 0 Å². The summed E-state index contributed by atoms with van der Waals surface area (Å²) in [4.78, 5) is 32.2. The van der Waals surface area contributed by atoms with Crippen molar-refractivity contribution >= 4 is 17.7 Å². The van der Waals surface area contributed by atoms with Gasteiger partial charge in [0.2, 0.25) is 0 Å². The molecule has 0 unspecified atom stereocenters. The van der Waals surface area contributed by atoms with Gasteiger partial charge in [0.05, 0.1) is 12.2 Å². The monoisotopic (exact) mass is 342 g/mol. The molecule has 0 N–H and O–H groups in total. The fourth-order valence-electron chi connectivity index (χ4n) is 1.80. The van der Waals surface area contributed by atoms with E-state index in [9.17, 15) is 14.4 Å². The summed E-state index contributed by atoms with van der Waals surface area (Å²) in [6, 6.07) is 18.6. The molecule has 0 heterocycles. The summed E-state index contributed by atoms with van der Waals surface area (Å²) in [6.45, 7) is 3.72. The first-order valence-corrected chi connectivity index (χ1v) is 7.94. The maximum absolute atomic E-state index is 11.6. The second-order valence-electron chi connectivity index (χ2n) is 5.11. The lowest BCUT2D eigenvalue weighted by Gasteiger charge is -2.04. The molecular weight excluding hydrogens is 320 g/mol. The highest BCUT2D eigenvalue weighted by atomic mass is 16.5. The third-order valence-electron chi connectivity index (χ3n) is 2.92. The van der Waals surface area contributed by atoms with Crippen LogP contribution in [0.25, 0.3) is 0 Å². The van der Waals surface area contributed by atoms with Gasteiger partial charge >= 0.3 is 11.9 Å². The van der Waals surface area contributed by atoms with Gasteiger partial charge in [-0.25, -0.2) is 4.79 Å². The van der Waals surface area contributed by atoms with E-state index in [0.717, 1.165) is 5.56 Å². The van der Waals surface area contributed by atoms with Crippen molar-refractivity contribution in [1.82, 2.24) is 0 Å². The van der Waals surface area contributed by atoms with Gasteiger partial charge in [-0.1, -0.05) is 48.5 Å². The molecule has 0 bridgehead atoms. The predicted molar refractivity (Wildman–Crippen MR) is 93.9 cm³/mol. The Morgan fingerprint density at radius 3 is 1.92 bits per heavy atom. The molecule has 0 spiro atoms. The molecule has 0 radical (unpaired) electrons. The highest BCUT2D eigenvalue weighted by Gasteiger charge is 2.05. The van der Waals surface area contributed by atoms with Gasteiger partial charge in [0.1, 0.15) is 18.8 Å². The highest BCUT2D eigenvalue weighted by Crippen LogP contribution is 2.05. The van der Waals surface area contributed by atoms with E-state index in [1.54, 1.807) is 19.1 Å². The maximum Gasteiger partial charge on any atom is 0.338 e. The summed E-state index contributed by atoms with van der Waals surface area (Å²) >= 11 is 0. The number of ketones is 1. The van der Waals surface area contributed by atoms with Crippen LogP contribution >= 0.6 is 0 Å². The Kier molecular flexibility index (Phi) is 9.30. The normalized spacial score (nSPS) is 9.36. The van der Waals surface area contributed by atoms with Crippen molar-refractivity contribution in [2.45, 2.75) is 26.9 Å². The van der Waals surface area contributed by atoms with Gasteiger partial charge in [-0.15, -0.1) is 0 Å². The molecule has 0 aliphatic carbocycles. The van der Waals surface area contributed by atoms with E-state index in [-0.39, 0.29) is 18.2 Å². The summed E-state index contributed by atoms with van der Waals surface area (Å²) < 4.78 is 9.67. The highest BCUT2D eigenvalue weighted by molar-refractivity contribution is 5.94. The number of hydrogen-bond acceptors (Lipinski definition) is 5. The first-order valence-electron chi connectivity index (χ1n) is 7.94. The minimum atomic E-state index is -0.440. The smallest absolute Gasteiger partial charge is 0.338 e. The molecule has 25 heavy (non-hydrogen) atoms. The molecule has 2 rings (SSSR count). The Morgan fingerprint density at radius 1 is 0.840 bits per heavy atom. The van der Waals surface area contributed by atoms with E-state index < -0.39 is 5.97 Å². The topological polar surface area (TPSA) is 69.7 Å². The Balaban J connectivity index is 0.000000299. The summed E-state index contributed by atoms with van der Waals surface area (Å²) in [5.74, 6) is -0.886. The number of rotatable bonds is 6. The van der Waals surface area contributed by atoms with Crippen LogP contribution in [0.3, 0.4) is 0 Å². The number of ether oxygens (including phenoxy) is 2. The molecule has 5 nitrogen and oxygen atoms in total. The van der Waals surface area contributed by atoms with E-state index in [0.29, 0.717) is 18.8 Å². The van der Waals surface area contributed by atoms with Crippen LogP contribution in [0.1, 0.15) is 36.2 Å². The van der Waals surface area contributed by atoms with Crippen LogP contribution in [0.15, 0.2) is 60.7 Å². The van der Waals surface area contributed by atoms with Crippen molar-refractivity contribution < 1.29 is 23.9 Å². The first-order chi connectivity index (χ1) is 12.0. The van der Waals surface area contributed by atoms with E-state index >= 15 is 0 Å². The van der Waals surface area contributed by atoms with E-state index in [1.807, 2.05) is 48.5 Å². The maximum atomic E-state index is 11.6. The third-order valence-corrected chi connectivity index (χ3v) is 2.92. The summed E-state index contributed by atoms with van der Waals surface area (Å²) in [7, 11) is 0. The zero-order valence-corrected chi connectivity index (χ0v) is 14.4. The van der Waals surface area contributed by atoms with Crippen LogP contribution < -0.4 is 0 Å². The van der Waals surface area contributed by atoms with Gasteiger partial charge in [-0.2, -0.15) is 0 Å². The van der Waals surface area contributed by atoms with Crippen molar-refractivity contribution in [3.63, 3.8) is 0 Å². The molecule has 0 saturated carbocycles. The molecule has 132 valence electrons. The minimum Gasteiger partial charge on any atom is -0.466 e. The van der Waals surface area contributed by atoms with Crippen LogP contribution in [0.5, 0.6) is 0 Å². The average molecular weight is 342 g/mol. The number of esters is 2. The Hall–Kier alpha value is -2.95. The van der Waals surface area contributed by atoms with Crippen molar-refractivity contribution in [2.24, 2.45) is 0 Å². The molecule has 0 aromatic heterocycles. The van der Waals surface area contributed by atoms with Crippen molar-refractivity contribution in [3.05, 3.63) is 71.8 Å². The van der Waals surface area contributed by atoms with E-state index in [2.05, 4.69) is 4.74 Å². The predicted octanol–water partition coefficient (Wildman–Crippen LogP) is 3.57. The number of hydrogen-bond donors (Lipinski definition) is 0. The van der Waals surface area contributed by atoms with E-state index in [1.165, 1.54) is 6.92 Å². The molecule has 5 heteroatoms. The van der Waals surface area contributed by atoms with Crippen molar-refractivity contribution in [3.8, 4) is 0 Å². The Labute approximate surface area is 147 Å². The summed E-state index contributed by atoms with van der Waals surface area (Å²) in [5, 5.41) is 0. The average Bonchev–Trinajstić information content (AvgIpc) is 2.61. The lowest BCUT2D eigenvalue weighted by atomic mass is 10.2. The quantitative estimate of drug-likeness (QED) is 0.593. The molecule has 0 saturated heterocycles. The largest absolute Gasteiger partial charge is 0.466 e. The number of carbonyl (C=O) groups is 3. The van der Waals surface area contributed by atoms with Crippen molar-refractivity contribution in [2.75, 3.05) is 6.61 Å². The standard InChI is InChI=1S/C14H12O2.C6H10O3/c15-14(13-9-5-2-6-10-13)16-11-12-7-3-1-4-8-12;1-3-9-6(8)4-5(2)7/h1-10H,11H2;3-4H2,1-2H3. The molecule has 2 aromatic rings. The Bertz CT molecular complexity index is 665. The van der Waals surface area contributed by atoms with Gasteiger partial charge in [0.25, 0.3) is 0 Å². The van der Waals surface area contributed by atoms with Crippen LogP contribution in [-0.4, -0.2) is 24.3 Å². The molecule has 2 aromatic carbocycles. The van der Waals surface area contributed by atoms with E-state index in [4.69, 9.17) is 4.74 Å². The minimum absolute atomic E-state index is 0.103. The lowest BCUT2D eigenvalue weighted by molar-refractivity contribution is -0.145. The fraction of sp³-hybridized carbons (Fsp3) is 0.250. The second-order valence-corrected chi connectivity index (χ2v) is 5.11. The molecule has 0 aliphatic heterocycles. The van der Waals surface area contributed by atoms with Crippen LogP contribution in [0.4, 0.5) is 0 Å².